The van der Waals surface area contributed by atoms with E-state index in [-0.39, 0.29) is 17.1 Å². The molecule has 0 unspecified atom stereocenters. The first-order valence-corrected chi connectivity index (χ1v) is 5.51. The van der Waals surface area contributed by atoms with Crippen LogP contribution in [0.4, 0.5) is 0 Å². The molecule has 1 N–H and O–H groups in total. The minimum absolute atomic E-state index is 0.0216. The van der Waals surface area contributed by atoms with Gasteiger partial charge in [-0.2, -0.15) is 0 Å². The van der Waals surface area contributed by atoms with E-state index >= 15 is 0 Å². The Morgan fingerprint density at radius 1 is 1.43 bits per heavy atom. The number of hydrogen-bond donors (Lipinski definition) is 1. The van der Waals surface area contributed by atoms with Gasteiger partial charge in [-0.25, -0.2) is 18.4 Å². The number of nitrogens with zero attached hydrogens (tertiary/aromatic N) is 2. The molecule has 14 heavy (non-hydrogen) atoms. The average molecular weight is 216 g/mol. The van der Waals surface area contributed by atoms with E-state index in [4.69, 9.17) is 5.11 Å². The summed E-state index contributed by atoms with van der Waals surface area (Å²) in [6.07, 6.45) is 2.91. The fourth-order valence-electron chi connectivity index (χ4n) is 0.761. The van der Waals surface area contributed by atoms with Crippen molar-refractivity contribution in [2.75, 3.05) is 6.26 Å². The number of aromatic nitrogens is 2. The molecule has 0 atom stereocenters. The number of carbonyl (C=O) groups is 1. The Morgan fingerprint density at radius 3 is 2.29 bits per heavy atom. The van der Waals surface area contributed by atoms with Crippen molar-refractivity contribution in [2.45, 2.75) is 11.3 Å². The summed E-state index contributed by atoms with van der Waals surface area (Å²) in [5, 5.41) is 8.40. The van der Waals surface area contributed by atoms with Gasteiger partial charge in [0.05, 0.1) is 0 Å². The van der Waals surface area contributed by atoms with Gasteiger partial charge in [0, 0.05) is 18.6 Å². The van der Waals surface area contributed by atoms with Crippen LogP contribution in [-0.4, -0.2) is 35.7 Å². The summed E-state index contributed by atoms with van der Waals surface area (Å²) in [7, 11) is -3.32. The molecule has 76 valence electrons. The first-order chi connectivity index (χ1) is 6.39. The molecule has 0 fully saturated rings. The van der Waals surface area contributed by atoms with Gasteiger partial charge in [0.2, 0.25) is 0 Å². The molecule has 0 aliphatic carbocycles. The van der Waals surface area contributed by atoms with Crippen LogP contribution in [0.2, 0.25) is 0 Å². The predicted octanol–water partition coefficient (Wildman–Crippen LogP) is -0.493. The van der Waals surface area contributed by atoms with Crippen molar-refractivity contribution in [3.05, 3.63) is 18.2 Å². The monoisotopic (exact) mass is 216 g/mol. The summed E-state index contributed by atoms with van der Waals surface area (Å²) in [6.45, 7) is 0. The van der Waals surface area contributed by atoms with Crippen LogP contribution in [0.25, 0.3) is 0 Å². The molecule has 0 spiro atoms. The molecule has 1 rings (SSSR count). The Labute approximate surface area is 80.5 Å². The Balaban J connectivity index is 2.95. The van der Waals surface area contributed by atoms with Crippen LogP contribution in [0.15, 0.2) is 17.3 Å². The van der Waals surface area contributed by atoms with Crippen LogP contribution < -0.4 is 0 Å². The molecular formula is C7H8N2O4S. The zero-order chi connectivity index (χ0) is 10.8. The summed E-state index contributed by atoms with van der Waals surface area (Å²) in [5.41, 5.74) is 0. The van der Waals surface area contributed by atoms with Crippen molar-refractivity contribution in [3.63, 3.8) is 0 Å². The van der Waals surface area contributed by atoms with E-state index < -0.39 is 15.8 Å². The highest BCUT2D eigenvalue weighted by molar-refractivity contribution is 7.90. The van der Waals surface area contributed by atoms with Gasteiger partial charge >= 0.3 is 5.97 Å². The second kappa shape index (κ2) is 3.70. The first-order valence-electron chi connectivity index (χ1n) is 3.62. The second-order valence-corrected chi connectivity index (χ2v) is 4.69. The van der Waals surface area contributed by atoms with Crippen LogP contribution in [-0.2, 0) is 21.1 Å². The lowest BCUT2D eigenvalue weighted by Crippen LogP contribution is -2.06. The lowest BCUT2D eigenvalue weighted by Gasteiger charge is -1.98. The van der Waals surface area contributed by atoms with Crippen molar-refractivity contribution in [2.24, 2.45) is 0 Å². The third kappa shape index (κ3) is 2.77. The zero-order valence-electron chi connectivity index (χ0n) is 7.34. The summed E-state index contributed by atoms with van der Waals surface area (Å²) in [5.74, 6) is -0.970. The van der Waals surface area contributed by atoms with Gasteiger partial charge in [0.15, 0.2) is 9.84 Å². The minimum Gasteiger partial charge on any atom is -0.481 e. The largest absolute Gasteiger partial charge is 0.481 e. The molecule has 0 saturated heterocycles. The molecule has 0 saturated carbocycles. The lowest BCUT2D eigenvalue weighted by molar-refractivity contribution is -0.136. The van der Waals surface area contributed by atoms with Crippen LogP contribution in [0.5, 0.6) is 0 Å². The van der Waals surface area contributed by atoms with Gasteiger partial charge < -0.3 is 5.11 Å². The Morgan fingerprint density at radius 2 is 1.93 bits per heavy atom. The topological polar surface area (TPSA) is 97.2 Å². The van der Waals surface area contributed by atoms with Gasteiger partial charge in [-0.1, -0.05) is 0 Å². The number of rotatable bonds is 3. The molecule has 0 amide bonds. The highest BCUT2D eigenvalue weighted by Crippen LogP contribution is 2.04. The third-order valence-electron chi connectivity index (χ3n) is 1.42. The van der Waals surface area contributed by atoms with E-state index in [0.717, 1.165) is 18.6 Å². The fourth-order valence-corrected chi connectivity index (χ4v) is 1.25. The van der Waals surface area contributed by atoms with Crippen LogP contribution in [0.1, 0.15) is 5.82 Å². The van der Waals surface area contributed by atoms with Crippen molar-refractivity contribution in [1.29, 1.82) is 0 Å². The Bertz CT molecular complexity index is 437. The van der Waals surface area contributed by atoms with E-state index in [9.17, 15) is 13.2 Å². The van der Waals surface area contributed by atoms with E-state index in [1.807, 2.05) is 0 Å². The maximum Gasteiger partial charge on any atom is 0.311 e. The number of carboxylic acid groups (broad SMARTS) is 1. The maximum atomic E-state index is 11.0. The molecule has 0 aromatic carbocycles. The summed E-state index contributed by atoms with van der Waals surface area (Å²) >= 11 is 0. The number of carboxylic acids is 1. The van der Waals surface area contributed by atoms with Crippen LogP contribution >= 0.6 is 0 Å². The molecule has 1 aromatic heterocycles. The van der Waals surface area contributed by atoms with Gasteiger partial charge in [-0.05, 0) is 0 Å². The minimum atomic E-state index is -3.32. The van der Waals surface area contributed by atoms with Gasteiger partial charge in [-0.3, -0.25) is 4.79 Å². The molecule has 6 nitrogen and oxygen atoms in total. The molecule has 0 radical (unpaired) electrons. The smallest absolute Gasteiger partial charge is 0.311 e. The number of sulfone groups is 1. The molecule has 0 aliphatic rings. The Kier molecular flexibility index (Phi) is 2.80. The normalized spacial score (nSPS) is 11.2. The third-order valence-corrected chi connectivity index (χ3v) is 2.49. The zero-order valence-corrected chi connectivity index (χ0v) is 8.15. The SMILES string of the molecule is CS(=O)(=O)c1cnc(CC(=O)O)nc1. The van der Waals surface area contributed by atoms with Crippen molar-refractivity contribution in [3.8, 4) is 0 Å². The van der Waals surface area contributed by atoms with Crippen molar-refractivity contribution < 1.29 is 18.3 Å². The summed E-state index contributed by atoms with van der Waals surface area (Å²) in [6, 6.07) is 0. The standard InChI is InChI=1S/C7H8N2O4S/c1-14(12,13)5-3-8-6(9-4-5)2-7(10)11/h3-4H,2H2,1H3,(H,10,11). The summed E-state index contributed by atoms with van der Waals surface area (Å²) in [4.78, 5) is 17.5. The lowest BCUT2D eigenvalue weighted by atomic mass is 10.4. The van der Waals surface area contributed by atoms with Crippen molar-refractivity contribution in [1.82, 2.24) is 9.97 Å². The Hall–Kier alpha value is -1.50. The van der Waals surface area contributed by atoms with Crippen LogP contribution in [0.3, 0.4) is 0 Å². The molecule has 1 heterocycles. The van der Waals surface area contributed by atoms with Gasteiger partial charge in [-0.15, -0.1) is 0 Å². The summed E-state index contributed by atoms with van der Waals surface area (Å²) < 4.78 is 21.9. The molecular weight excluding hydrogens is 208 g/mol. The fraction of sp³-hybridized carbons (Fsp3) is 0.286. The van der Waals surface area contributed by atoms with Crippen molar-refractivity contribution >= 4 is 15.8 Å². The highest BCUT2D eigenvalue weighted by Gasteiger charge is 2.09. The molecule has 0 aliphatic heterocycles. The second-order valence-electron chi connectivity index (χ2n) is 2.68. The number of aliphatic carboxylic acids is 1. The van der Waals surface area contributed by atoms with Crippen LogP contribution in [0, 0.1) is 0 Å². The van der Waals surface area contributed by atoms with Gasteiger partial charge in [0.1, 0.15) is 17.1 Å². The molecule has 7 heteroatoms. The number of hydrogen-bond acceptors (Lipinski definition) is 5. The van der Waals surface area contributed by atoms with Gasteiger partial charge in [0.25, 0.3) is 0 Å². The van der Waals surface area contributed by atoms with E-state index in [0.29, 0.717) is 0 Å². The molecule has 0 bridgehead atoms. The molecule has 1 aromatic rings. The van der Waals surface area contributed by atoms with E-state index in [1.165, 1.54) is 0 Å². The average Bonchev–Trinajstić information content (AvgIpc) is 2.02. The van der Waals surface area contributed by atoms with E-state index in [2.05, 4.69) is 9.97 Å². The maximum absolute atomic E-state index is 11.0. The highest BCUT2D eigenvalue weighted by atomic mass is 32.2. The van der Waals surface area contributed by atoms with E-state index in [1.54, 1.807) is 0 Å². The quantitative estimate of drug-likeness (QED) is 0.732. The first kappa shape index (κ1) is 10.6. The predicted molar refractivity (Wildman–Crippen MR) is 46.5 cm³/mol.